The van der Waals surface area contributed by atoms with E-state index >= 15 is 0 Å². The highest BCUT2D eigenvalue weighted by Crippen LogP contribution is 2.32. The van der Waals surface area contributed by atoms with Gasteiger partial charge in [0.05, 0.1) is 17.8 Å². The first-order valence-corrected chi connectivity index (χ1v) is 6.18. The number of amides is 1. The summed E-state index contributed by atoms with van der Waals surface area (Å²) in [5.41, 5.74) is 0.599. The number of halogens is 1. The van der Waals surface area contributed by atoms with Gasteiger partial charge in [-0.1, -0.05) is 17.7 Å². The number of carbonyl (C=O) groups is 1. The zero-order valence-electron chi connectivity index (χ0n) is 10.7. The predicted octanol–water partition coefficient (Wildman–Crippen LogP) is 3.10. The van der Waals surface area contributed by atoms with E-state index in [9.17, 15) is 4.79 Å². The van der Waals surface area contributed by atoms with Gasteiger partial charge in [-0.15, -0.1) is 0 Å². The molecule has 1 aromatic rings. The van der Waals surface area contributed by atoms with Crippen molar-refractivity contribution in [2.45, 2.75) is 19.3 Å². The number of unbranched alkanes of at least 4 members (excludes halogenated alkanes) is 1. The van der Waals surface area contributed by atoms with Crippen molar-refractivity contribution >= 4 is 23.2 Å². The maximum atomic E-state index is 11.7. The van der Waals surface area contributed by atoms with Gasteiger partial charge in [0.2, 0.25) is 5.91 Å². The first-order chi connectivity index (χ1) is 8.69. The zero-order valence-corrected chi connectivity index (χ0v) is 11.4. The fourth-order valence-electron chi connectivity index (χ4n) is 1.56. The fourth-order valence-corrected chi connectivity index (χ4v) is 1.81. The van der Waals surface area contributed by atoms with E-state index in [0.717, 1.165) is 12.8 Å². The van der Waals surface area contributed by atoms with Gasteiger partial charge in [0, 0.05) is 20.1 Å². The minimum Gasteiger partial charge on any atom is -0.493 e. The molecule has 0 aromatic heterocycles. The van der Waals surface area contributed by atoms with E-state index in [1.165, 1.54) is 7.11 Å². The van der Waals surface area contributed by atoms with Gasteiger partial charge in [0.25, 0.3) is 0 Å². The number of carbonyl (C=O) groups excluding carboxylic acids is 1. The van der Waals surface area contributed by atoms with Crippen molar-refractivity contribution < 1.29 is 14.3 Å². The van der Waals surface area contributed by atoms with Crippen LogP contribution in [0, 0.1) is 0 Å². The Hall–Kier alpha value is -1.26. The third-order valence-corrected chi connectivity index (χ3v) is 2.75. The molecule has 1 N–H and O–H groups in total. The SMILES string of the molecule is COCCCCC(=O)Nc1cccc(Cl)c1OC. The van der Waals surface area contributed by atoms with E-state index in [-0.39, 0.29) is 5.91 Å². The van der Waals surface area contributed by atoms with Crippen LogP contribution in [-0.2, 0) is 9.53 Å². The van der Waals surface area contributed by atoms with Gasteiger partial charge < -0.3 is 14.8 Å². The smallest absolute Gasteiger partial charge is 0.224 e. The summed E-state index contributed by atoms with van der Waals surface area (Å²) in [7, 11) is 3.17. The molecule has 0 atom stereocenters. The number of ether oxygens (including phenoxy) is 2. The number of para-hydroxylation sites is 1. The molecule has 18 heavy (non-hydrogen) atoms. The monoisotopic (exact) mass is 271 g/mol. The van der Waals surface area contributed by atoms with Crippen molar-refractivity contribution in [1.82, 2.24) is 0 Å². The normalized spacial score (nSPS) is 10.2. The first kappa shape index (κ1) is 14.8. The number of nitrogens with one attached hydrogen (secondary N) is 1. The van der Waals surface area contributed by atoms with Crippen LogP contribution >= 0.6 is 11.6 Å². The maximum Gasteiger partial charge on any atom is 0.224 e. The molecule has 5 heteroatoms. The number of hydrogen-bond acceptors (Lipinski definition) is 3. The van der Waals surface area contributed by atoms with E-state index in [2.05, 4.69) is 5.32 Å². The Morgan fingerprint density at radius 3 is 2.78 bits per heavy atom. The van der Waals surface area contributed by atoms with Crippen molar-refractivity contribution in [3.8, 4) is 5.75 Å². The highest BCUT2D eigenvalue weighted by atomic mass is 35.5. The molecule has 1 amide bonds. The molecular formula is C13H18ClNO3. The molecule has 0 saturated carbocycles. The van der Waals surface area contributed by atoms with Gasteiger partial charge in [0.1, 0.15) is 0 Å². The number of hydrogen-bond donors (Lipinski definition) is 1. The largest absolute Gasteiger partial charge is 0.493 e. The summed E-state index contributed by atoms with van der Waals surface area (Å²) in [4.78, 5) is 11.7. The lowest BCUT2D eigenvalue weighted by Crippen LogP contribution is -2.12. The number of rotatable bonds is 7. The minimum atomic E-state index is -0.0494. The molecule has 0 saturated heterocycles. The fraction of sp³-hybridized carbons (Fsp3) is 0.462. The second-order valence-corrected chi connectivity index (χ2v) is 4.23. The summed E-state index contributed by atoms with van der Waals surface area (Å²) in [6.07, 6.45) is 2.12. The highest BCUT2D eigenvalue weighted by molar-refractivity contribution is 6.32. The molecule has 0 radical (unpaired) electrons. The van der Waals surface area contributed by atoms with Crippen molar-refractivity contribution in [1.29, 1.82) is 0 Å². The standard InChI is InChI=1S/C13H18ClNO3/c1-17-9-4-3-8-12(16)15-11-7-5-6-10(14)13(11)18-2/h5-7H,3-4,8-9H2,1-2H3,(H,15,16). The Morgan fingerprint density at radius 1 is 1.33 bits per heavy atom. The first-order valence-electron chi connectivity index (χ1n) is 5.80. The molecule has 1 aromatic carbocycles. The molecule has 0 bridgehead atoms. The Morgan fingerprint density at radius 2 is 2.11 bits per heavy atom. The van der Waals surface area contributed by atoms with Crippen LogP contribution in [-0.4, -0.2) is 26.7 Å². The number of anilines is 1. The lowest BCUT2D eigenvalue weighted by atomic mass is 10.2. The minimum absolute atomic E-state index is 0.0494. The molecule has 0 spiro atoms. The van der Waals surface area contributed by atoms with Crippen molar-refractivity contribution in [3.63, 3.8) is 0 Å². The van der Waals surface area contributed by atoms with E-state index in [1.807, 2.05) is 0 Å². The molecule has 1 rings (SSSR count). The lowest BCUT2D eigenvalue weighted by Gasteiger charge is -2.11. The third kappa shape index (κ3) is 4.55. The Balaban J connectivity index is 2.51. The van der Waals surface area contributed by atoms with Crippen LogP contribution in [0.4, 0.5) is 5.69 Å². The predicted molar refractivity (Wildman–Crippen MR) is 72.4 cm³/mol. The summed E-state index contributed by atoms with van der Waals surface area (Å²) in [5, 5.41) is 3.27. The van der Waals surface area contributed by atoms with Crippen LogP contribution in [0.2, 0.25) is 5.02 Å². The van der Waals surface area contributed by atoms with Crippen LogP contribution in [0.5, 0.6) is 5.75 Å². The van der Waals surface area contributed by atoms with Gasteiger partial charge in [-0.25, -0.2) is 0 Å². The van der Waals surface area contributed by atoms with E-state index < -0.39 is 0 Å². The summed E-state index contributed by atoms with van der Waals surface area (Å²) >= 11 is 5.97. The quantitative estimate of drug-likeness (QED) is 0.775. The number of methoxy groups -OCH3 is 2. The van der Waals surface area contributed by atoms with Crippen LogP contribution in [0.25, 0.3) is 0 Å². The van der Waals surface area contributed by atoms with Crippen molar-refractivity contribution in [3.05, 3.63) is 23.2 Å². The van der Waals surface area contributed by atoms with E-state index in [4.69, 9.17) is 21.1 Å². The van der Waals surface area contributed by atoms with Gasteiger partial charge in [0.15, 0.2) is 5.75 Å². The average Bonchev–Trinajstić information content (AvgIpc) is 2.35. The molecular weight excluding hydrogens is 254 g/mol. The number of benzene rings is 1. The average molecular weight is 272 g/mol. The van der Waals surface area contributed by atoms with Crippen LogP contribution in [0.1, 0.15) is 19.3 Å². The van der Waals surface area contributed by atoms with Crippen LogP contribution in [0.15, 0.2) is 18.2 Å². The van der Waals surface area contributed by atoms with E-state index in [1.54, 1.807) is 25.3 Å². The molecule has 0 aliphatic heterocycles. The topological polar surface area (TPSA) is 47.6 Å². The Labute approximate surface area is 112 Å². The van der Waals surface area contributed by atoms with Gasteiger partial charge in [-0.2, -0.15) is 0 Å². The molecule has 100 valence electrons. The highest BCUT2D eigenvalue weighted by Gasteiger charge is 2.09. The summed E-state index contributed by atoms with van der Waals surface area (Å²) in [6, 6.07) is 5.25. The lowest BCUT2D eigenvalue weighted by molar-refractivity contribution is -0.116. The summed E-state index contributed by atoms with van der Waals surface area (Å²) < 4.78 is 10.1. The molecule has 0 unspecified atom stereocenters. The van der Waals surface area contributed by atoms with Crippen LogP contribution < -0.4 is 10.1 Å². The molecule has 0 heterocycles. The zero-order chi connectivity index (χ0) is 13.4. The summed E-state index contributed by atoms with van der Waals surface area (Å²) in [6.45, 7) is 0.674. The van der Waals surface area contributed by atoms with Crippen molar-refractivity contribution in [2.24, 2.45) is 0 Å². The maximum absolute atomic E-state index is 11.7. The molecule has 0 aliphatic carbocycles. The van der Waals surface area contributed by atoms with Gasteiger partial charge in [-0.3, -0.25) is 4.79 Å². The Kier molecular flexibility index (Phi) is 6.54. The summed E-state index contributed by atoms with van der Waals surface area (Å²) in [5.74, 6) is 0.441. The van der Waals surface area contributed by atoms with Gasteiger partial charge in [-0.05, 0) is 25.0 Å². The molecule has 0 fully saturated rings. The molecule has 4 nitrogen and oxygen atoms in total. The Bertz CT molecular complexity index is 396. The van der Waals surface area contributed by atoms with Crippen molar-refractivity contribution in [2.75, 3.05) is 26.1 Å². The molecule has 0 aliphatic rings. The van der Waals surface area contributed by atoms with Gasteiger partial charge >= 0.3 is 0 Å². The third-order valence-electron chi connectivity index (χ3n) is 2.45. The van der Waals surface area contributed by atoms with Crippen LogP contribution in [0.3, 0.4) is 0 Å². The second-order valence-electron chi connectivity index (χ2n) is 3.82. The second kappa shape index (κ2) is 7.95. The van der Waals surface area contributed by atoms with E-state index in [0.29, 0.717) is 29.5 Å².